The fraction of sp³-hybridized carbons (Fsp3) is 0.150. The predicted octanol–water partition coefficient (Wildman–Crippen LogP) is 5.61. The molecule has 25 heavy (non-hydrogen) atoms. The lowest BCUT2D eigenvalue weighted by Gasteiger charge is -2.08. The Morgan fingerprint density at radius 2 is 1.52 bits per heavy atom. The standard InChI is InChI=1S/C20H17F3O2/c1-2-3-4-5-14-25-18-12-10-16(11-13-18)15-6-8-17(9-7-15)19(24)20(21,22)23/h2-13H,14H2,1H3/b3-2+,5-4+. The van der Waals surface area contributed by atoms with E-state index in [1.165, 1.54) is 24.3 Å². The van der Waals surface area contributed by atoms with E-state index in [0.29, 0.717) is 12.4 Å². The number of carbonyl (C=O) groups is 1. The number of benzene rings is 2. The SMILES string of the molecule is C/C=C/C=C/COc1ccc(-c2ccc(C(=O)C(F)(F)F)cc2)cc1. The number of Topliss-reactive ketones (excluding diaryl/α,β-unsaturated/α-hetero) is 1. The van der Waals surface area contributed by atoms with Crippen molar-refractivity contribution in [2.75, 3.05) is 6.61 Å². The minimum Gasteiger partial charge on any atom is -0.490 e. The zero-order valence-electron chi connectivity index (χ0n) is 13.6. The van der Waals surface area contributed by atoms with Gasteiger partial charge < -0.3 is 4.74 Å². The molecule has 0 bridgehead atoms. The monoisotopic (exact) mass is 346 g/mol. The topological polar surface area (TPSA) is 26.3 Å². The number of ether oxygens (including phenoxy) is 1. The number of rotatable bonds is 6. The fourth-order valence-electron chi connectivity index (χ4n) is 2.11. The van der Waals surface area contributed by atoms with E-state index < -0.39 is 12.0 Å². The van der Waals surface area contributed by atoms with Crippen LogP contribution < -0.4 is 4.74 Å². The van der Waals surface area contributed by atoms with Crippen molar-refractivity contribution in [1.29, 1.82) is 0 Å². The van der Waals surface area contributed by atoms with Gasteiger partial charge in [-0.25, -0.2) is 0 Å². The Labute approximate surface area is 144 Å². The van der Waals surface area contributed by atoms with Crippen LogP contribution in [-0.2, 0) is 0 Å². The molecule has 0 atom stereocenters. The lowest BCUT2D eigenvalue weighted by Crippen LogP contribution is -2.22. The van der Waals surface area contributed by atoms with Gasteiger partial charge in [-0.15, -0.1) is 0 Å². The summed E-state index contributed by atoms with van der Waals surface area (Å²) in [7, 11) is 0. The second-order valence-corrected chi connectivity index (χ2v) is 5.19. The minimum absolute atomic E-state index is 0.371. The van der Waals surface area contributed by atoms with Crippen molar-refractivity contribution in [2.24, 2.45) is 0 Å². The molecule has 2 rings (SSSR count). The summed E-state index contributed by atoms with van der Waals surface area (Å²) in [5.74, 6) is -1.15. The maximum Gasteiger partial charge on any atom is 0.454 e. The number of hydrogen-bond donors (Lipinski definition) is 0. The van der Waals surface area contributed by atoms with Gasteiger partial charge in [-0.1, -0.05) is 54.6 Å². The van der Waals surface area contributed by atoms with Gasteiger partial charge in [0.15, 0.2) is 0 Å². The Balaban J connectivity index is 2.03. The average Bonchev–Trinajstić information content (AvgIpc) is 2.61. The van der Waals surface area contributed by atoms with Gasteiger partial charge in [0.25, 0.3) is 5.78 Å². The highest BCUT2D eigenvalue weighted by molar-refractivity contribution is 6.00. The molecule has 0 aromatic heterocycles. The molecule has 2 aromatic carbocycles. The van der Waals surface area contributed by atoms with Crippen molar-refractivity contribution in [3.8, 4) is 16.9 Å². The Hall–Kier alpha value is -2.82. The Morgan fingerprint density at radius 1 is 0.960 bits per heavy atom. The van der Waals surface area contributed by atoms with Crippen molar-refractivity contribution < 1.29 is 22.7 Å². The molecular weight excluding hydrogens is 329 g/mol. The molecule has 5 heteroatoms. The first kappa shape index (κ1) is 18.5. The molecule has 0 radical (unpaired) electrons. The fourth-order valence-corrected chi connectivity index (χ4v) is 2.11. The summed E-state index contributed by atoms with van der Waals surface area (Å²) >= 11 is 0. The number of halogens is 3. The van der Waals surface area contributed by atoms with Gasteiger partial charge in [-0.3, -0.25) is 4.79 Å². The van der Waals surface area contributed by atoms with Crippen LogP contribution in [0.3, 0.4) is 0 Å². The van der Waals surface area contributed by atoms with Crippen molar-refractivity contribution in [2.45, 2.75) is 13.1 Å². The van der Waals surface area contributed by atoms with E-state index in [9.17, 15) is 18.0 Å². The van der Waals surface area contributed by atoms with Crippen molar-refractivity contribution in [3.63, 3.8) is 0 Å². The van der Waals surface area contributed by atoms with Gasteiger partial charge in [0.1, 0.15) is 12.4 Å². The molecular formula is C20H17F3O2. The first-order valence-electron chi connectivity index (χ1n) is 7.64. The summed E-state index contributed by atoms with van der Waals surface area (Å²) in [6, 6.07) is 12.5. The molecule has 0 heterocycles. The molecule has 0 aliphatic carbocycles. The van der Waals surface area contributed by atoms with Gasteiger partial charge in [0.05, 0.1) is 0 Å². The predicted molar refractivity (Wildman–Crippen MR) is 91.7 cm³/mol. The summed E-state index contributed by atoms with van der Waals surface area (Å²) in [5.41, 5.74) is 1.17. The minimum atomic E-state index is -4.86. The normalized spacial score (nSPS) is 12.0. The highest BCUT2D eigenvalue weighted by Crippen LogP contribution is 2.25. The van der Waals surface area contributed by atoms with Crippen LogP contribution in [0.1, 0.15) is 17.3 Å². The quantitative estimate of drug-likeness (QED) is 0.502. The Morgan fingerprint density at radius 3 is 2.04 bits per heavy atom. The molecule has 0 fully saturated rings. The van der Waals surface area contributed by atoms with E-state index in [2.05, 4.69) is 0 Å². The second kappa shape index (κ2) is 8.33. The third-order valence-corrected chi connectivity index (χ3v) is 3.38. The molecule has 0 saturated carbocycles. The summed E-state index contributed by atoms with van der Waals surface area (Å²) in [4.78, 5) is 11.2. The first-order chi connectivity index (χ1) is 11.9. The third-order valence-electron chi connectivity index (χ3n) is 3.38. The van der Waals surface area contributed by atoms with E-state index in [-0.39, 0.29) is 5.56 Å². The van der Waals surface area contributed by atoms with E-state index in [1.54, 1.807) is 12.1 Å². The number of hydrogen-bond acceptors (Lipinski definition) is 2. The number of alkyl halides is 3. The number of carbonyl (C=O) groups excluding carboxylic acids is 1. The van der Waals surface area contributed by atoms with E-state index >= 15 is 0 Å². The highest BCUT2D eigenvalue weighted by Gasteiger charge is 2.39. The van der Waals surface area contributed by atoms with E-state index in [4.69, 9.17) is 4.74 Å². The van der Waals surface area contributed by atoms with Crippen molar-refractivity contribution in [3.05, 3.63) is 78.4 Å². The summed E-state index contributed by atoms with van der Waals surface area (Å²) in [6.07, 6.45) is 2.73. The van der Waals surface area contributed by atoms with Crippen LogP contribution in [0.15, 0.2) is 72.8 Å². The molecule has 0 spiro atoms. The number of allylic oxidation sites excluding steroid dienone is 3. The smallest absolute Gasteiger partial charge is 0.454 e. The van der Waals surface area contributed by atoms with E-state index in [0.717, 1.165) is 11.1 Å². The molecule has 2 aromatic rings. The largest absolute Gasteiger partial charge is 0.490 e. The molecule has 0 aliphatic heterocycles. The molecule has 0 saturated heterocycles. The molecule has 0 amide bonds. The van der Waals surface area contributed by atoms with Crippen LogP contribution >= 0.6 is 0 Å². The molecule has 0 unspecified atom stereocenters. The van der Waals surface area contributed by atoms with Crippen molar-refractivity contribution >= 4 is 5.78 Å². The lowest BCUT2D eigenvalue weighted by molar-refractivity contribution is -0.0885. The van der Waals surface area contributed by atoms with E-state index in [1.807, 2.05) is 43.4 Å². The molecule has 2 nitrogen and oxygen atoms in total. The lowest BCUT2D eigenvalue weighted by atomic mass is 10.0. The van der Waals surface area contributed by atoms with Crippen LogP contribution in [0.5, 0.6) is 5.75 Å². The van der Waals surface area contributed by atoms with Gasteiger partial charge in [-0.05, 0) is 36.3 Å². The molecule has 0 aliphatic rings. The third kappa shape index (κ3) is 5.35. The first-order valence-corrected chi connectivity index (χ1v) is 7.64. The maximum atomic E-state index is 12.4. The summed E-state index contributed by atoms with van der Waals surface area (Å²) in [6.45, 7) is 2.37. The zero-order valence-corrected chi connectivity index (χ0v) is 13.6. The highest BCUT2D eigenvalue weighted by atomic mass is 19.4. The van der Waals surface area contributed by atoms with Crippen LogP contribution in [0, 0.1) is 0 Å². The van der Waals surface area contributed by atoms with Crippen molar-refractivity contribution in [1.82, 2.24) is 0 Å². The van der Waals surface area contributed by atoms with Crippen LogP contribution in [0.2, 0.25) is 0 Å². The van der Waals surface area contributed by atoms with Crippen LogP contribution in [0.25, 0.3) is 11.1 Å². The van der Waals surface area contributed by atoms with Gasteiger partial charge >= 0.3 is 6.18 Å². The van der Waals surface area contributed by atoms with Gasteiger partial charge in [0.2, 0.25) is 0 Å². The number of ketones is 1. The maximum absolute atomic E-state index is 12.4. The molecule has 130 valence electrons. The Bertz CT molecular complexity index is 755. The van der Waals surface area contributed by atoms with Gasteiger partial charge in [0, 0.05) is 5.56 Å². The average molecular weight is 346 g/mol. The van der Waals surface area contributed by atoms with Crippen LogP contribution in [-0.4, -0.2) is 18.6 Å². The summed E-state index contributed by atoms with van der Waals surface area (Å²) in [5, 5.41) is 0. The zero-order chi connectivity index (χ0) is 18.3. The Kier molecular flexibility index (Phi) is 6.17. The van der Waals surface area contributed by atoms with Gasteiger partial charge in [-0.2, -0.15) is 13.2 Å². The second-order valence-electron chi connectivity index (χ2n) is 5.19. The summed E-state index contributed by atoms with van der Waals surface area (Å²) < 4.78 is 42.7. The van der Waals surface area contributed by atoms with Crippen LogP contribution in [0.4, 0.5) is 13.2 Å². The molecule has 0 N–H and O–H groups in total.